The van der Waals surface area contributed by atoms with Crippen molar-refractivity contribution < 1.29 is 23.9 Å². The van der Waals surface area contributed by atoms with Crippen molar-refractivity contribution in [1.82, 2.24) is 10.2 Å². The smallest absolute Gasteiger partial charge is 0.304 e. The van der Waals surface area contributed by atoms with Crippen LogP contribution in [0.5, 0.6) is 0 Å². The fourth-order valence-corrected chi connectivity index (χ4v) is 6.31. The molecule has 0 bridgehead atoms. The maximum Gasteiger partial charge on any atom is 0.304 e. The van der Waals surface area contributed by atoms with E-state index in [1.165, 1.54) is 23.3 Å². The number of carboxylic acid groups (broad SMARTS) is 1. The molecule has 1 aromatic carbocycles. The molecule has 0 saturated heterocycles. The summed E-state index contributed by atoms with van der Waals surface area (Å²) >= 11 is 0. The van der Waals surface area contributed by atoms with Crippen molar-refractivity contribution in [3.63, 3.8) is 0 Å². The first-order valence-corrected chi connectivity index (χ1v) is 15.8. The van der Waals surface area contributed by atoms with Gasteiger partial charge in [0.25, 0.3) is 0 Å². The van der Waals surface area contributed by atoms with E-state index in [2.05, 4.69) is 69.1 Å². The summed E-state index contributed by atoms with van der Waals surface area (Å²) in [6, 6.07) is 8.68. The molecule has 4 rings (SSSR count). The number of aliphatic carboxylic acids is 1. The molecule has 0 radical (unpaired) electrons. The average molecular weight is 610 g/mol. The molecule has 1 atom stereocenters. The van der Waals surface area contributed by atoms with Gasteiger partial charge in [-0.15, -0.1) is 0 Å². The molecule has 1 saturated carbocycles. The summed E-state index contributed by atoms with van der Waals surface area (Å²) in [5.41, 5.74) is 3.94. The van der Waals surface area contributed by atoms with Gasteiger partial charge in [0.05, 0.1) is 24.6 Å². The molecule has 8 heteroatoms. The number of allylic oxidation sites excluding steroid dienone is 6. The Balaban J connectivity index is 0.000000661. The number of carbonyl (C=O) groups is 3. The Morgan fingerprint density at radius 1 is 1.18 bits per heavy atom. The Hall–Kier alpha value is -3.39. The van der Waals surface area contributed by atoms with Gasteiger partial charge >= 0.3 is 5.97 Å². The number of benzene rings is 1. The summed E-state index contributed by atoms with van der Waals surface area (Å²) in [7, 11) is 1.73. The van der Waals surface area contributed by atoms with Crippen LogP contribution in [0.2, 0.25) is 0 Å². The van der Waals surface area contributed by atoms with Gasteiger partial charge in [-0.05, 0) is 87.1 Å². The second kappa shape index (κ2) is 17.2. The number of halogens is 1. The second-order valence-electron chi connectivity index (χ2n) is 12.9. The standard InChI is InChI=1S/C31H41FN2O.C4H9NO2.CH2O/c1-6-8-28(24-13-11-22(2)12-14-24)34-29(35)21-27(23-9-7-10-26(32)16-15-23)33-31(34)19-17-25(18-20-31)30(3,4)5;1-5-3-2-4(6)7;1-2/h7,10-16,25,28H,6,8-9,17-21H2,1-5H3;5H,2-3H2,1H3,(H,6,7);1H2/t25?,28-,31?;;/m1../s1. The molecule has 2 aliphatic carbocycles. The van der Waals surface area contributed by atoms with Gasteiger partial charge in [0, 0.05) is 6.54 Å². The van der Waals surface area contributed by atoms with Gasteiger partial charge in [0.2, 0.25) is 5.91 Å². The van der Waals surface area contributed by atoms with E-state index >= 15 is 0 Å². The molecule has 1 fully saturated rings. The van der Waals surface area contributed by atoms with E-state index in [-0.39, 0.29) is 36.0 Å². The van der Waals surface area contributed by atoms with E-state index in [0.717, 1.165) is 49.8 Å². The summed E-state index contributed by atoms with van der Waals surface area (Å²) in [5, 5.41) is 10.7. The minimum atomic E-state index is -0.755. The van der Waals surface area contributed by atoms with Crippen LogP contribution in [0, 0.1) is 18.3 Å². The van der Waals surface area contributed by atoms with Crippen LogP contribution in [0.4, 0.5) is 4.39 Å². The van der Waals surface area contributed by atoms with Crippen molar-refractivity contribution in [2.45, 2.75) is 104 Å². The molecule has 0 unspecified atom stereocenters. The zero-order valence-corrected chi connectivity index (χ0v) is 27.5. The lowest BCUT2D eigenvalue weighted by Crippen LogP contribution is -2.57. The largest absolute Gasteiger partial charge is 0.481 e. The number of aliphatic imine (C=N–C) groups is 1. The van der Waals surface area contributed by atoms with Crippen LogP contribution in [-0.2, 0) is 14.4 Å². The normalized spacial score (nSPS) is 22.3. The first kappa shape index (κ1) is 36.8. The summed E-state index contributed by atoms with van der Waals surface area (Å²) in [4.78, 5) is 39.3. The lowest BCUT2D eigenvalue weighted by molar-refractivity contribution is -0.144. The summed E-state index contributed by atoms with van der Waals surface area (Å²) < 4.78 is 13.8. The number of rotatable bonds is 8. The number of hydrogen-bond donors (Lipinski definition) is 2. The van der Waals surface area contributed by atoms with Crippen LogP contribution in [-0.4, -0.2) is 53.6 Å². The number of aryl methyl sites for hydroxylation is 1. The van der Waals surface area contributed by atoms with E-state index in [0.29, 0.717) is 18.9 Å². The first-order chi connectivity index (χ1) is 20.9. The molecule has 1 aliphatic heterocycles. The van der Waals surface area contributed by atoms with Crippen LogP contribution in [0.3, 0.4) is 0 Å². The monoisotopic (exact) mass is 609 g/mol. The number of hydrogen-bond acceptors (Lipinski definition) is 5. The van der Waals surface area contributed by atoms with Crippen LogP contribution < -0.4 is 5.32 Å². The number of nitrogens with zero attached hydrogens (tertiary/aromatic N) is 2. The fraction of sp³-hybridized carbons (Fsp3) is 0.556. The molecule has 1 heterocycles. The molecule has 242 valence electrons. The molecule has 1 amide bonds. The SMILES string of the molecule is C=O.CCC[C@H](c1ccc(C)cc1)N1C(=O)CC(C2=CC=C(F)C=CC2)=NC12CCC(C(C)(C)C)CC2.CNCCC(=O)O. The number of amides is 1. The van der Waals surface area contributed by atoms with Crippen LogP contribution in [0.15, 0.2) is 65.0 Å². The van der Waals surface area contributed by atoms with E-state index in [1.54, 1.807) is 7.05 Å². The summed E-state index contributed by atoms with van der Waals surface area (Å²) in [6.45, 7) is 13.8. The molecule has 3 aliphatic rings. The van der Waals surface area contributed by atoms with E-state index in [9.17, 15) is 14.0 Å². The second-order valence-corrected chi connectivity index (χ2v) is 12.9. The van der Waals surface area contributed by atoms with Gasteiger partial charge < -0.3 is 20.1 Å². The molecule has 0 aromatic heterocycles. The Morgan fingerprint density at radius 3 is 2.34 bits per heavy atom. The summed E-state index contributed by atoms with van der Waals surface area (Å²) in [5.74, 6) is -0.241. The topological polar surface area (TPSA) is 99.1 Å². The van der Waals surface area contributed by atoms with Crippen LogP contribution in [0.25, 0.3) is 0 Å². The quantitative estimate of drug-likeness (QED) is 0.315. The molecular formula is C36H52FN3O4. The third-order valence-electron chi connectivity index (χ3n) is 8.74. The zero-order chi connectivity index (χ0) is 32.9. The Kier molecular flexibility index (Phi) is 14.4. The molecule has 44 heavy (non-hydrogen) atoms. The number of carboxylic acids is 1. The van der Waals surface area contributed by atoms with E-state index < -0.39 is 11.6 Å². The van der Waals surface area contributed by atoms with E-state index in [4.69, 9.17) is 14.9 Å². The maximum atomic E-state index is 14.0. The van der Waals surface area contributed by atoms with Crippen molar-refractivity contribution in [2.24, 2.45) is 16.3 Å². The highest BCUT2D eigenvalue weighted by Crippen LogP contribution is 2.49. The Bertz CT molecular complexity index is 1220. The maximum absolute atomic E-state index is 14.0. The van der Waals surface area contributed by atoms with Gasteiger partial charge in [-0.1, -0.05) is 76.1 Å². The van der Waals surface area contributed by atoms with Crippen molar-refractivity contribution in [3.05, 3.63) is 71.1 Å². The lowest BCUT2D eigenvalue weighted by Gasteiger charge is -2.52. The van der Waals surface area contributed by atoms with Crippen molar-refractivity contribution in [1.29, 1.82) is 0 Å². The highest BCUT2D eigenvalue weighted by Gasteiger charge is 2.49. The third kappa shape index (κ3) is 10.1. The van der Waals surface area contributed by atoms with Crippen LogP contribution >= 0.6 is 0 Å². The first-order valence-electron chi connectivity index (χ1n) is 15.8. The molecule has 2 N–H and O–H groups in total. The van der Waals surface area contributed by atoms with Gasteiger partial charge in [0.15, 0.2) is 0 Å². The fourth-order valence-electron chi connectivity index (χ4n) is 6.31. The highest BCUT2D eigenvalue weighted by molar-refractivity contribution is 6.12. The third-order valence-corrected chi connectivity index (χ3v) is 8.74. The molecular weight excluding hydrogens is 557 g/mol. The van der Waals surface area contributed by atoms with Gasteiger partial charge in [-0.25, -0.2) is 4.39 Å². The van der Waals surface area contributed by atoms with Crippen LogP contribution in [0.1, 0.15) is 103 Å². The predicted molar refractivity (Wildman–Crippen MR) is 176 cm³/mol. The predicted octanol–water partition coefficient (Wildman–Crippen LogP) is 7.68. The number of carbonyl (C=O) groups excluding carboxylic acids is 2. The minimum absolute atomic E-state index is 0.0185. The van der Waals surface area contributed by atoms with Crippen molar-refractivity contribution in [3.8, 4) is 0 Å². The van der Waals surface area contributed by atoms with Crippen molar-refractivity contribution >= 4 is 24.4 Å². The molecule has 1 spiro atoms. The Morgan fingerprint density at radius 2 is 1.82 bits per heavy atom. The molecule has 7 nitrogen and oxygen atoms in total. The van der Waals surface area contributed by atoms with Gasteiger partial charge in [-0.2, -0.15) is 0 Å². The van der Waals surface area contributed by atoms with Crippen molar-refractivity contribution in [2.75, 3.05) is 13.6 Å². The zero-order valence-electron chi connectivity index (χ0n) is 27.5. The summed E-state index contributed by atoms with van der Waals surface area (Å²) in [6.07, 6.45) is 13.5. The lowest BCUT2D eigenvalue weighted by atomic mass is 9.68. The minimum Gasteiger partial charge on any atom is -0.481 e. The highest BCUT2D eigenvalue weighted by atomic mass is 19.1. The average Bonchev–Trinajstić information content (AvgIpc) is 3.21. The number of nitrogens with one attached hydrogen (secondary N) is 1. The molecule has 1 aromatic rings. The van der Waals surface area contributed by atoms with Gasteiger partial charge in [0.1, 0.15) is 18.3 Å². The van der Waals surface area contributed by atoms with E-state index in [1.807, 2.05) is 18.9 Å². The van der Waals surface area contributed by atoms with Gasteiger partial charge in [-0.3, -0.25) is 14.6 Å². The Labute approximate surface area is 263 Å².